The Hall–Kier alpha value is -5.49. The fraction of sp³-hybridized carbons (Fsp3) is 0.492. The SMILES string of the molecule is CC\C=C/C=C\C=C/C=C\C=C\C=C/C=C\CCCCCC(=O)OCC(COC(=O)CCCCCCC\C=C/C=C\C=C/C=C\CC)OC(=O)CCCCCCCC/C=C\C/C=C\C/C=C\C/C=C\CC. The number of rotatable bonds is 46. The summed E-state index contributed by atoms with van der Waals surface area (Å²) in [7, 11) is 0. The molecule has 6 heteroatoms. The second-order valence-corrected chi connectivity index (χ2v) is 17.3. The largest absolute Gasteiger partial charge is 0.462 e. The number of allylic oxidation sites excluding steroid dienone is 30. The van der Waals surface area contributed by atoms with Gasteiger partial charge in [-0.05, 0) is 96.3 Å². The predicted molar refractivity (Wildman–Crippen MR) is 306 cm³/mol. The third kappa shape index (κ3) is 55.3. The van der Waals surface area contributed by atoms with E-state index in [1.54, 1.807) is 0 Å². The number of hydrogen-bond donors (Lipinski definition) is 0. The molecule has 0 N–H and O–H groups in total. The minimum Gasteiger partial charge on any atom is -0.462 e. The van der Waals surface area contributed by atoms with Crippen LogP contribution < -0.4 is 0 Å². The highest BCUT2D eigenvalue weighted by Crippen LogP contribution is 2.13. The molecule has 0 aromatic carbocycles. The Morgan fingerprint density at radius 3 is 0.972 bits per heavy atom. The van der Waals surface area contributed by atoms with Crippen molar-refractivity contribution in [2.45, 2.75) is 194 Å². The molecule has 71 heavy (non-hydrogen) atoms. The zero-order valence-corrected chi connectivity index (χ0v) is 44.6. The van der Waals surface area contributed by atoms with Crippen LogP contribution in [0.15, 0.2) is 182 Å². The van der Waals surface area contributed by atoms with Gasteiger partial charge in [0.2, 0.25) is 0 Å². The number of carbonyl (C=O) groups excluding carboxylic acids is 3. The van der Waals surface area contributed by atoms with E-state index in [-0.39, 0.29) is 44.0 Å². The van der Waals surface area contributed by atoms with E-state index in [1.807, 2.05) is 97.2 Å². The van der Waals surface area contributed by atoms with E-state index in [2.05, 4.69) is 106 Å². The summed E-state index contributed by atoms with van der Waals surface area (Å²) >= 11 is 0. The Bertz CT molecular complexity index is 1730. The summed E-state index contributed by atoms with van der Waals surface area (Å²) in [5.74, 6) is -1.02. The molecule has 0 aliphatic heterocycles. The molecule has 0 bridgehead atoms. The lowest BCUT2D eigenvalue weighted by atomic mass is 10.1. The molecule has 0 saturated heterocycles. The molecule has 0 aromatic heterocycles. The zero-order chi connectivity index (χ0) is 51.4. The number of ether oxygens (including phenoxy) is 3. The van der Waals surface area contributed by atoms with Gasteiger partial charge < -0.3 is 14.2 Å². The normalized spacial score (nSPS) is 13.6. The Labute approximate surface area is 434 Å². The van der Waals surface area contributed by atoms with Crippen molar-refractivity contribution in [2.24, 2.45) is 0 Å². The lowest BCUT2D eigenvalue weighted by Gasteiger charge is -2.18. The molecule has 0 radical (unpaired) electrons. The standard InChI is InChI=1S/C65H96O6/c1-4-7-10-13-16-19-22-25-28-30-32-34-37-40-43-46-49-52-55-58-64(67)70-61-62(60-69-63(66)57-54-51-48-45-42-39-36-27-24-21-18-15-12-9-6-3)71-65(68)59-56-53-50-47-44-41-38-35-33-31-29-26-23-20-17-14-11-8-5-2/h7-13,15-22,24-30,32-37,40,43,62H,4-6,14,23,31,38-39,41-42,44-61H2,1-3H3/b10-7-,11-8-,12-9-,16-13-,18-15-,20-17-,22-19-,24-21-,28-25-,29-26-,32-30+,35-33-,36-27-,37-34-,43-40-. The molecule has 0 aliphatic carbocycles. The molecule has 0 aromatic rings. The predicted octanol–water partition coefficient (Wildman–Crippen LogP) is 18.5. The van der Waals surface area contributed by atoms with Crippen molar-refractivity contribution in [3.63, 3.8) is 0 Å². The van der Waals surface area contributed by atoms with E-state index in [1.165, 1.54) is 12.8 Å². The van der Waals surface area contributed by atoms with E-state index in [0.717, 1.165) is 128 Å². The van der Waals surface area contributed by atoms with Crippen molar-refractivity contribution in [1.29, 1.82) is 0 Å². The first-order valence-electron chi connectivity index (χ1n) is 27.4. The van der Waals surface area contributed by atoms with Crippen LogP contribution in [-0.4, -0.2) is 37.2 Å². The molecule has 0 amide bonds. The van der Waals surface area contributed by atoms with Gasteiger partial charge in [-0.15, -0.1) is 0 Å². The molecule has 0 saturated carbocycles. The average molecular weight is 973 g/mol. The zero-order valence-electron chi connectivity index (χ0n) is 44.6. The quantitative estimate of drug-likeness (QED) is 0.0199. The molecule has 1 atom stereocenters. The highest BCUT2D eigenvalue weighted by atomic mass is 16.6. The van der Waals surface area contributed by atoms with Crippen molar-refractivity contribution >= 4 is 17.9 Å². The number of esters is 3. The van der Waals surface area contributed by atoms with Crippen molar-refractivity contribution in [2.75, 3.05) is 13.2 Å². The van der Waals surface area contributed by atoms with Crippen LogP contribution >= 0.6 is 0 Å². The summed E-state index contributed by atoms with van der Waals surface area (Å²) in [6.45, 7) is 6.14. The first-order chi connectivity index (χ1) is 35.0. The Balaban J connectivity index is 4.61. The van der Waals surface area contributed by atoms with Gasteiger partial charge in [-0.25, -0.2) is 0 Å². The summed E-state index contributed by atoms with van der Waals surface area (Å²) in [6.07, 6.45) is 85.8. The summed E-state index contributed by atoms with van der Waals surface area (Å²) < 4.78 is 16.8. The van der Waals surface area contributed by atoms with Crippen molar-refractivity contribution < 1.29 is 28.6 Å². The molecule has 0 rings (SSSR count). The van der Waals surface area contributed by atoms with Gasteiger partial charge in [0.05, 0.1) is 0 Å². The monoisotopic (exact) mass is 973 g/mol. The topological polar surface area (TPSA) is 78.9 Å². The van der Waals surface area contributed by atoms with Gasteiger partial charge >= 0.3 is 17.9 Å². The van der Waals surface area contributed by atoms with Gasteiger partial charge in [0.1, 0.15) is 13.2 Å². The third-order valence-electron chi connectivity index (χ3n) is 10.7. The minimum atomic E-state index is -0.827. The van der Waals surface area contributed by atoms with Crippen molar-refractivity contribution in [1.82, 2.24) is 0 Å². The van der Waals surface area contributed by atoms with Crippen LogP contribution in [0.1, 0.15) is 188 Å². The van der Waals surface area contributed by atoms with Crippen LogP contribution in [0.5, 0.6) is 0 Å². The molecule has 0 aliphatic rings. The molecule has 1 unspecified atom stereocenters. The fourth-order valence-corrected chi connectivity index (χ4v) is 6.66. The first-order valence-corrected chi connectivity index (χ1v) is 27.4. The Morgan fingerprint density at radius 1 is 0.296 bits per heavy atom. The van der Waals surface area contributed by atoms with E-state index >= 15 is 0 Å². The third-order valence-corrected chi connectivity index (χ3v) is 10.7. The molecule has 0 spiro atoms. The summed E-state index contributed by atoms with van der Waals surface area (Å²) in [5.41, 5.74) is 0. The average Bonchev–Trinajstić information content (AvgIpc) is 3.37. The number of unbranched alkanes of at least 4 members (excludes halogenated alkanes) is 14. The Kier molecular flexibility index (Phi) is 52.7. The highest BCUT2D eigenvalue weighted by molar-refractivity contribution is 5.71. The lowest BCUT2D eigenvalue weighted by molar-refractivity contribution is -0.167. The van der Waals surface area contributed by atoms with Crippen molar-refractivity contribution in [3.05, 3.63) is 182 Å². The second-order valence-electron chi connectivity index (χ2n) is 17.3. The number of carbonyl (C=O) groups is 3. The molecular weight excluding hydrogens is 877 g/mol. The summed E-state index contributed by atoms with van der Waals surface area (Å²) in [4.78, 5) is 38.1. The smallest absolute Gasteiger partial charge is 0.306 e. The van der Waals surface area contributed by atoms with Gasteiger partial charge in [-0.3, -0.25) is 14.4 Å². The molecule has 6 nitrogen and oxygen atoms in total. The van der Waals surface area contributed by atoms with E-state index < -0.39 is 6.10 Å². The van der Waals surface area contributed by atoms with Gasteiger partial charge in [-0.2, -0.15) is 0 Å². The van der Waals surface area contributed by atoms with Gasteiger partial charge in [-0.1, -0.05) is 254 Å². The van der Waals surface area contributed by atoms with E-state index in [4.69, 9.17) is 14.2 Å². The molecular formula is C65H96O6. The lowest BCUT2D eigenvalue weighted by Crippen LogP contribution is -2.30. The highest BCUT2D eigenvalue weighted by Gasteiger charge is 2.19. The van der Waals surface area contributed by atoms with Crippen LogP contribution in [0, 0.1) is 0 Å². The van der Waals surface area contributed by atoms with Crippen LogP contribution in [0.2, 0.25) is 0 Å². The van der Waals surface area contributed by atoms with Gasteiger partial charge in [0.25, 0.3) is 0 Å². The fourth-order valence-electron chi connectivity index (χ4n) is 6.66. The first kappa shape index (κ1) is 65.5. The van der Waals surface area contributed by atoms with Crippen LogP contribution in [0.3, 0.4) is 0 Å². The maximum absolute atomic E-state index is 12.9. The number of hydrogen-bond acceptors (Lipinski definition) is 6. The van der Waals surface area contributed by atoms with Gasteiger partial charge in [0.15, 0.2) is 6.10 Å². The second kappa shape index (κ2) is 57.1. The minimum absolute atomic E-state index is 0.122. The molecule has 0 fully saturated rings. The Morgan fingerprint density at radius 2 is 0.577 bits per heavy atom. The molecule has 392 valence electrons. The van der Waals surface area contributed by atoms with Crippen molar-refractivity contribution in [3.8, 4) is 0 Å². The van der Waals surface area contributed by atoms with Gasteiger partial charge in [0, 0.05) is 19.3 Å². The molecule has 0 heterocycles. The maximum atomic E-state index is 12.9. The van der Waals surface area contributed by atoms with Crippen LogP contribution in [0.4, 0.5) is 0 Å². The van der Waals surface area contributed by atoms with Crippen LogP contribution in [0.25, 0.3) is 0 Å². The summed E-state index contributed by atoms with van der Waals surface area (Å²) in [5, 5.41) is 0. The van der Waals surface area contributed by atoms with Crippen LogP contribution in [-0.2, 0) is 28.6 Å². The van der Waals surface area contributed by atoms with E-state index in [0.29, 0.717) is 12.8 Å². The maximum Gasteiger partial charge on any atom is 0.306 e. The summed E-state index contributed by atoms with van der Waals surface area (Å²) in [6, 6.07) is 0. The van der Waals surface area contributed by atoms with E-state index in [9.17, 15) is 14.4 Å².